The van der Waals surface area contributed by atoms with Crippen LogP contribution in [0, 0.1) is 0 Å². The average Bonchev–Trinajstić information content (AvgIpc) is 2.83. The van der Waals surface area contributed by atoms with Crippen LogP contribution in [0.1, 0.15) is 59.8 Å². The molecule has 0 spiro atoms. The summed E-state index contributed by atoms with van der Waals surface area (Å²) in [5.74, 6) is 0.545. The molecule has 1 unspecified atom stereocenters. The normalized spacial score (nSPS) is 18.1. The Bertz CT molecular complexity index is 425. The third kappa shape index (κ3) is 2.18. The number of anilines is 1. The fourth-order valence-electron chi connectivity index (χ4n) is 2.55. The Labute approximate surface area is 106 Å². The van der Waals surface area contributed by atoms with Crippen LogP contribution in [-0.4, -0.2) is 12.5 Å². The molecule has 1 atom stereocenters. The molecule has 94 valence electrons. The number of amides is 1. The third-order valence-electron chi connectivity index (χ3n) is 3.43. The zero-order valence-electron chi connectivity index (χ0n) is 10.5. The van der Waals surface area contributed by atoms with E-state index in [1.807, 2.05) is 0 Å². The Morgan fingerprint density at radius 1 is 1.53 bits per heavy atom. The van der Waals surface area contributed by atoms with Crippen LogP contribution in [0.4, 0.5) is 5.00 Å². The summed E-state index contributed by atoms with van der Waals surface area (Å²) in [6.07, 6.45) is 4.31. The maximum Gasteiger partial charge on any atom is 0.254 e. The van der Waals surface area contributed by atoms with Crippen LogP contribution in [0.15, 0.2) is 0 Å². The van der Waals surface area contributed by atoms with Crippen molar-refractivity contribution in [2.45, 2.75) is 45.4 Å². The molecule has 4 heteroatoms. The van der Waals surface area contributed by atoms with E-state index in [1.165, 1.54) is 16.9 Å². The number of nitrogen functional groups attached to an aromatic ring is 1. The van der Waals surface area contributed by atoms with Gasteiger partial charge in [0.25, 0.3) is 5.91 Å². The lowest BCUT2D eigenvalue weighted by Crippen LogP contribution is -2.25. The van der Waals surface area contributed by atoms with E-state index in [-0.39, 0.29) is 5.91 Å². The van der Waals surface area contributed by atoms with Gasteiger partial charge >= 0.3 is 0 Å². The summed E-state index contributed by atoms with van der Waals surface area (Å²) >= 11 is 1.60. The van der Waals surface area contributed by atoms with E-state index < -0.39 is 0 Å². The molecular weight excluding hydrogens is 232 g/mol. The molecule has 17 heavy (non-hydrogen) atoms. The van der Waals surface area contributed by atoms with E-state index in [0.29, 0.717) is 10.9 Å². The lowest BCUT2D eigenvalue weighted by molar-refractivity contribution is 0.0953. The number of thiophene rings is 1. The van der Waals surface area contributed by atoms with Crippen LogP contribution in [0.25, 0.3) is 0 Å². The Balaban J connectivity index is 2.31. The monoisotopic (exact) mass is 252 g/mol. The maximum absolute atomic E-state index is 12.1. The van der Waals surface area contributed by atoms with Crippen molar-refractivity contribution in [2.24, 2.45) is 0 Å². The molecule has 1 aliphatic carbocycles. The summed E-state index contributed by atoms with van der Waals surface area (Å²) in [5, 5.41) is 3.63. The smallest absolute Gasteiger partial charge is 0.254 e. The van der Waals surface area contributed by atoms with Crippen molar-refractivity contribution in [1.82, 2.24) is 5.32 Å². The summed E-state index contributed by atoms with van der Waals surface area (Å²) in [6.45, 7) is 4.96. The summed E-state index contributed by atoms with van der Waals surface area (Å²) in [7, 11) is 0. The van der Waals surface area contributed by atoms with Gasteiger partial charge in [0.15, 0.2) is 0 Å². The summed E-state index contributed by atoms with van der Waals surface area (Å²) < 4.78 is 0. The van der Waals surface area contributed by atoms with Gasteiger partial charge in [0.05, 0.1) is 10.6 Å². The van der Waals surface area contributed by atoms with Crippen molar-refractivity contribution in [2.75, 3.05) is 12.3 Å². The first-order valence-electron chi connectivity index (χ1n) is 6.38. The predicted octanol–water partition coefficient (Wildman–Crippen LogP) is 2.91. The van der Waals surface area contributed by atoms with Gasteiger partial charge in [0.2, 0.25) is 0 Å². The van der Waals surface area contributed by atoms with Gasteiger partial charge in [-0.3, -0.25) is 4.79 Å². The fraction of sp³-hybridized carbons (Fsp3) is 0.615. The molecule has 0 aliphatic heterocycles. The highest BCUT2D eigenvalue weighted by Crippen LogP contribution is 2.45. The molecule has 0 bridgehead atoms. The number of nitrogens with two attached hydrogens (primary N) is 1. The minimum atomic E-state index is 0.0159. The van der Waals surface area contributed by atoms with E-state index >= 15 is 0 Å². The molecule has 1 aromatic rings. The Morgan fingerprint density at radius 3 is 2.94 bits per heavy atom. The second-order valence-electron chi connectivity index (χ2n) is 4.58. The zero-order valence-corrected chi connectivity index (χ0v) is 11.3. The Hall–Kier alpha value is -1.03. The Kier molecular flexibility index (Phi) is 3.72. The second-order valence-corrected chi connectivity index (χ2v) is 5.71. The van der Waals surface area contributed by atoms with E-state index in [2.05, 4.69) is 19.2 Å². The van der Waals surface area contributed by atoms with Crippen molar-refractivity contribution in [3.8, 4) is 0 Å². The number of carbonyl (C=O) groups is 1. The first kappa shape index (κ1) is 12.4. The number of hydrogen-bond acceptors (Lipinski definition) is 3. The molecule has 0 radical (unpaired) electrons. The van der Waals surface area contributed by atoms with E-state index in [9.17, 15) is 4.79 Å². The SMILES string of the molecule is CCCNC(=O)c1c(N)sc2c1C(CC)CC2. The van der Waals surface area contributed by atoms with Crippen LogP contribution in [0.2, 0.25) is 0 Å². The van der Waals surface area contributed by atoms with Gasteiger partial charge in [0.1, 0.15) is 0 Å². The highest BCUT2D eigenvalue weighted by Gasteiger charge is 2.31. The van der Waals surface area contributed by atoms with Crippen LogP contribution in [0.5, 0.6) is 0 Å². The number of nitrogens with one attached hydrogen (secondary N) is 1. The Morgan fingerprint density at radius 2 is 2.29 bits per heavy atom. The minimum absolute atomic E-state index is 0.0159. The molecule has 1 aromatic heterocycles. The summed E-state index contributed by atoms with van der Waals surface area (Å²) in [6, 6.07) is 0. The summed E-state index contributed by atoms with van der Waals surface area (Å²) in [5.41, 5.74) is 8.00. The number of hydrogen-bond donors (Lipinski definition) is 2. The number of fused-ring (bicyclic) bond motifs is 1. The fourth-order valence-corrected chi connectivity index (χ4v) is 3.72. The molecular formula is C13H20N2OS. The van der Waals surface area contributed by atoms with Gasteiger partial charge in [-0.2, -0.15) is 0 Å². The average molecular weight is 252 g/mol. The molecule has 1 aliphatic rings. The quantitative estimate of drug-likeness (QED) is 0.865. The van der Waals surface area contributed by atoms with Crippen LogP contribution >= 0.6 is 11.3 Å². The molecule has 0 aromatic carbocycles. The molecule has 0 saturated carbocycles. The van der Waals surface area contributed by atoms with Crippen molar-refractivity contribution in [1.29, 1.82) is 0 Å². The zero-order chi connectivity index (χ0) is 12.4. The number of carbonyl (C=O) groups excluding carboxylic acids is 1. The summed E-state index contributed by atoms with van der Waals surface area (Å²) in [4.78, 5) is 13.5. The van der Waals surface area contributed by atoms with E-state index in [4.69, 9.17) is 5.73 Å². The van der Waals surface area contributed by atoms with Crippen LogP contribution < -0.4 is 11.1 Å². The predicted molar refractivity (Wildman–Crippen MR) is 72.7 cm³/mol. The van der Waals surface area contributed by atoms with Crippen molar-refractivity contribution >= 4 is 22.2 Å². The van der Waals surface area contributed by atoms with Gasteiger partial charge < -0.3 is 11.1 Å². The molecule has 3 nitrogen and oxygen atoms in total. The molecule has 0 fully saturated rings. The lowest BCUT2D eigenvalue weighted by Gasteiger charge is -2.11. The first-order chi connectivity index (χ1) is 8.19. The van der Waals surface area contributed by atoms with Crippen molar-refractivity contribution in [3.63, 3.8) is 0 Å². The van der Waals surface area contributed by atoms with Gasteiger partial charge in [-0.15, -0.1) is 11.3 Å². The topological polar surface area (TPSA) is 55.1 Å². The van der Waals surface area contributed by atoms with Crippen molar-refractivity contribution < 1.29 is 4.79 Å². The first-order valence-corrected chi connectivity index (χ1v) is 7.19. The minimum Gasteiger partial charge on any atom is -0.390 e. The van der Waals surface area contributed by atoms with Gasteiger partial charge in [0, 0.05) is 11.4 Å². The lowest BCUT2D eigenvalue weighted by atomic mass is 9.96. The largest absolute Gasteiger partial charge is 0.390 e. The molecule has 1 amide bonds. The number of aryl methyl sites for hydroxylation is 1. The van der Waals surface area contributed by atoms with Crippen LogP contribution in [-0.2, 0) is 6.42 Å². The third-order valence-corrected chi connectivity index (χ3v) is 4.53. The molecule has 3 N–H and O–H groups in total. The maximum atomic E-state index is 12.1. The highest BCUT2D eigenvalue weighted by atomic mass is 32.1. The van der Waals surface area contributed by atoms with Crippen LogP contribution in [0.3, 0.4) is 0 Å². The van der Waals surface area contributed by atoms with E-state index in [1.54, 1.807) is 11.3 Å². The standard InChI is InChI=1S/C13H20N2OS/c1-3-7-15-13(16)11-10-8(4-2)5-6-9(10)17-12(11)14/h8H,3-7,14H2,1-2H3,(H,15,16). The van der Waals surface area contributed by atoms with E-state index in [0.717, 1.165) is 31.4 Å². The van der Waals surface area contributed by atoms with Gasteiger partial charge in [-0.25, -0.2) is 0 Å². The molecule has 2 rings (SSSR count). The van der Waals surface area contributed by atoms with Crippen molar-refractivity contribution in [3.05, 3.63) is 16.0 Å². The highest BCUT2D eigenvalue weighted by molar-refractivity contribution is 7.16. The van der Waals surface area contributed by atoms with Gasteiger partial charge in [-0.05, 0) is 37.2 Å². The second kappa shape index (κ2) is 5.08. The molecule has 0 saturated heterocycles. The number of rotatable bonds is 4. The van der Waals surface area contributed by atoms with Gasteiger partial charge in [-0.1, -0.05) is 13.8 Å². The molecule has 1 heterocycles.